The van der Waals surface area contributed by atoms with Gasteiger partial charge in [0.2, 0.25) is 0 Å². The van der Waals surface area contributed by atoms with Gasteiger partial charge in [-0.3, -0.25) is 14.4 Å². The second-order valence-corrected chi connectivity index (χ2v) is 20.6. The van der Waals surface area contributed by atoms with Crippen LogP contribution in [0.15, 0.2) is 48.6 Å². The third kappa shape index (κ3) is 56.3. The van der Waals surface area contributed by atoms with Crippen LogP contribution in [-0.4, -0.2) is 37.2 Å². The summed E-state index contributed by atoms with van der Waals surface area (Å²) in [7, 11) is 0. The summed E-state index contributed by atoms with van der Waals surface area (Å²) in [5, 5.41) is 0. The molecular formula is C64H116O6. The fourth-order valence-electron chi connectivity index (χ4n) is 8.92. The van der Waals surface area contributed by atoms with E-state index in [2.05, 4.69) is 69.4 Å². The standard InChI is InChI=1S/C64H116O6/c1-4-7-10-13-16-19-22-25-27-29-31-32-33-35-36-39-42-45-48-51-54-57-63(66)69-60-61(59-68-62(65)56-53-50-47-44-41-38-24-21-18-15-12-9-6-3)70-64(67)58-55-52-49-46-43-40-37-34-30-28-26-23-20-17-14-11-8-5-2/h20,22-23,25,28-31,61H,4-19,21,24,26-27,32-60H2,1-3H3/b23-20-,25-22-,30-28-,31-29-. The molecule has 1 unspecified atom stereocenters. The van der Waals surface area contributed by atoms with Crippen molar-refractivity contribution in [1.29, 1.82) is 0 Å². The molecule has 0 amide bonds. The van der Waals surface area contributed by atoms with Gasteiger partial charge in [0.25, 0.3) is 0 Å². The summed E-state index contributed by atoms with van der Waals surface area (Å²) in [5.74, 6) is -0.869. The normalized spacial score (nSPS) is 12.3. The van der Waals surface area contributed by atoms with Crippen molar-refractivity contribution in [3.05, 3.63) is 48.6 Å². The summed E-state index contributed by atoms with van der Waals surface area (Å²) in [6.45, 7) is 6.64. The Morgan fingerprint density at radius 3 is 0.800 bits per heavy atom. The Kier molecular flexibility index (Phi) is 56.7. The van der Waals surface area contributed by atoms with E-state index in [1.807, 2.05) is 0 Å². The van der Waals surface area contributed by atoms with E-state index in [0.29, 0.717) is 19.3 Å². The number of allylic oxidation sites excluding steroid dienone is 8. The van der Waals surface area contributed by atoms with Crippen LogP contribution in [0.1, 0.15) is 323 Å². The highest BCUT2D eigenvalue weighted by atomic mass is 16.6. The van der Waals surface area contributed by atoms with Crippen LogP contribution in [0, 0.1) is 0 Å². The quantitative estimate of drug-likeness (QED) is 0.0261. The molecule has 0 aromatic rings. The third-order valence-electron chi connectivity index (χ3n) is 13.6. The van der Waals surface area contributed by atoms with Gasteiger partial charge in [-0.1, -0.05) is 268 Å². The molecule has 0 saturated carbocycles. The fraction of sp³-hybridized carbons (Fsp3) is 0.828. The Hall–Kier alpha value is -2.63. The summed E-state index contributed by atoms with van der Waals surface area (Å²) in [6, 6.07) is 0. The molecule has 0 aliphatic heterocycles. The van der Waals surface area contributed by atoms with Gasteiger partial charge in [0.05, 0.1) is 0 Å². The fourth-order valence-corrected chi connectivity index (χ4v) is 8.92. The Bertz CT molecular complexity index is 1220. The molecule has 0 N–H and O–H groups in total. The first-order valence-electron chi connectivity index (χ1n) is 30.6. The zero-order valence-corrected chi connectivity index (χ0v) is 46.8. The van der Waals surface area contributed by atoms with Crippen LogP contribution >= 0.6 is 0 Å². The molecule has 0 spiro atoms. The molecule has 1 atom stereocenters. The first-order valence-corrected chi connectivity index (χ1v) is 30.6. The van der Waals surface area contributed by atoms with Crippen LogP contribution < -0.4 is 0 Å². The van der Waals surface area contributed by atoms with Crippen molar-refractivity contribution < 1.29 is 28.6 Å². The molecule has 0 rings (SSSR count). The van der Waals surface area contributed by atoms with Crippen molar-refractivity contribution in [2.24, 2.45) is 0 Å². The van der Waals surface area contributed by atoms with Crippen LogP contribution in [0.4, 0.5) is 0 Å². The van der Waals surface area contributed by atoms with Gasteiger partial charge in [-0.05, 0) is 83.5 Å². The van der Waals surface area contributed by atoms with E-state index in [-0.39, 0.29) is 31.1 Å². The van der Waals surface area contributed by atoms with Gasteiger partial charge in [0.1, 0.15) is 13.2 Å². The zero-order valence-electron chi connectivity index (χ0n) is 46.8. The second-order valence-electron chi connectivity index (χ2n) is 20.6. The topological polar surface area (TPSA) is 78.9 Å². The van der Waals surface area contributed by atoms with E-state index < -0.39 is 6.10 Å². The summed E-state index contributed by atoms with van der Waals surface area (Å²) in [5.41, 5.74) is 0. The number of carbonyl (C=O) groups is 3. The molecule has 0 fully saturated rings. The summed E-state index contributed by atoms with van der Waals surface area (Å²) >= 11 is 0. The average Bonchev–Trinajstić information content (AvgIpc) is 3.36. The van der Waals surface area contributed by atoms with E-state index in [1.165, 1.54) is 205 Å². The smallest absolute Gasteiger partial charge is 0.306 e. The maximum Gasteiger partial charge on any atom is 0.306 e. The molecule has 70 heavy (non-hydrogen) atoms. The molecule has 0 aliphatic carbocycles. The number of rotatable bonds is 56. The number of ether oxygens (including phenoxy) is 3. The van der Waals surface area contributed by atoms with Crippen LogP contribution in [0.5, 0.6) is 0 Å². The van der Waals surface area contributed by atoms with Crippen LogP contribution in [0.2, 0.25) is 0 Å². The van der Waals surface area contributed by atoms with E-state index in [0.717, 1.165) is 77.0 Å². The highest BCUT2D eigenvalue weighted by Crippen LogP contribution is 2.16. The number of esters is 3. The third-order valence-corrected chi connectivity index (χ3v) is 13.6. The number of carbonyl (C=O) groups excluding carboxylic acids is 3. The van der Waals surface area contributed by atoms with Gasteiger partial charge in [-0.25, -0.2) is 0 Å². The maximum atomic E-state index is 12.9. The van der Waals surface area contributed by atoms with E-state index in [1.54, 1.807) is 0 Å². The van der Waals surface area contributed by atoms with Crippen LogP contribution in [0.3, 0.4) is 0 Å². The van der Waals surface area contributed by atoms with Crippen molar-refractivity contribution in [3.63, 3.8) is 0 Å². The number of hydrogen-bond acceptors (Lipinski definition) is 6. The lowest BCUT2D eigenvalue weighted by Gasteiger charge is -2.18. The minimum atomic E-state index is -0.777. The largest absolute Gasteiger partial charge is 0.462 e. The predicted octanol–water partition coefficient (Wildman–Crippen LogP) is 20.6. The first-order chi connectivity index (χ1) is 34.5. The molecule has 408 valence electrons. The highest BCUT2D eigenvalue weighted by Gasteiger charge is 2.19. The molecule has 0 bridgehead atoms. The Balaban J connectivity index is 4.34. The molecule has 0 radical (unpaired) electrons. The van der Waals surface area contributed by atoms with Gasteiger partial charge in [-0.15, -0.1) is 0 Å². The molecule has 6 heteroatoms. The SMILES string of the molecule is CCCCCC/C=C\C/C=C\CCCCCCCCCC(=O)OC(COC(=O)CCCCCCCCCCC/C=C\C/C=C\CCCCCCC)COC(=O)CCCCCCCCCCCCCCC. The van der Waals surface area contributed by atoms with E-state index in [4.69, 9.17) is 14.2 Å². The molecule has 0 aromatic carbocycles. The van der Waals surface area contributed by atoms with Crippen molar-refractivity contribution in [3.8, 4) is 0 Å². The average molecular weight is 982 g/mol. The Morgan fingerprint density at radius 2 is 0.514 bits per heavy atom. The molecule has 0 aliphatic rings. The summed E-state index contributed by atoms with van der Waals surface area (Å²) in [6.07, 6.45) is 72.4. The summed E-state index contributed by atoms with van der Waals surface area (Å²) < 4.78 is 16.9. The molecule has 0 saturated heterocycles. The molecule has 0 aromatic heterocycles. The van der Waals surface area contributed by atoms with Crippen LogP contribution in [-0.2, 0) is 28.6 Å². The second kappa shape index (κ2) is 58.9. The lowest BCUT2D eigenvalue weighted by molar-refractivity contribution is -0.167. The lowest BCUT2D eigenvalue weighted by Crippen LogP contribution is -2.30. The van der Waals surface area contributed by atoms with Crippen molar-refractivity contribution in [2.75, 3.05) is 13.2 Å². The van der Waals surface area contributed by atoms with Gasteiger partial charge >= 0.3 is 17.9 Å². The van der Waals surface area contributed by atoms with Crippen molar-refractivity contribution >= 4 is 17.9 Å². The van der Waals surface area contributed by atoms with Gasteiger partial charge in [0.15, 0.2) is 6.10 Å². The first kappa shape index (κ1) is 67.4. The monoisotopic (exact) mass is 981 g/mol. The van der Waals surface area contributed by atoms with Gasteiger partial charge in [-0.2, -0.15) is 0 Å². The minimum absolute atomic E-state index is 0.0744. The van der Waals surface area contributed by atoms with Crippen molar-refractivity contribution in [2.45, 2.75) is 329 Å². The molecular weight excluding hydrogens is 865 g/mol. The van der Waals surface area contributed by atoms with Crippen LogP contribution in [0.25, 0.3) is 0 Å². The van der Waals surface area contributed by atoms with Crippen molar-refractivity contribution in [1.82, 2.24) is 0 Å². The predicted molar refractivity (Wildman–Crippen MR) is 302 cm³/mol. The molecule has 6 nitrogen and oxygen atoms in total. The number of unbranched alkanes of at least 4 members (excludes halogenated alkanes) is 37. The summed E-state index contributed by atoms with van der Waals surface area (Å²) in [4.78, 5) is 38.2. The lowest BCUT2D eigenvalue weighted by atomic mass is 10.0. The van der Waals surface area contributed by atoms with Gasteiger partial charge < -0.3 is 14.2 Å². The van der Waals surface area contributed by atoms with E-state index in [9.17, 15) is 14.4 Å². The van der Waals surface area contributed by atoms with E-state index >= 15 is 0 Å². The molecule has 0 heterocycles. The number of hydrogen-bond donors (Lipinski definition) is 0. The minimum Gasteiger partial charge on any atom is -0.462 e. The maximum absolute atomic E-state index is 12.9. The zero-order chi connectivity index (χ0) is 50.7. The Labute approximate surface area is 435 Å². The van der Waals surface area contributed by atoms with Gasteiger partial charge in [0, 0.05) is 19.3 Å². The Morgan fingerprint density at radius 1 is 0.286 bits per heavy atom. The highest BCUT2D eigenvalue weighted by molar-refractivity contribution is 5.71.